The summed E-state index contributed by atoms with van der Waals surface area (Å²) in [6, 6.07) is 25.5. The lowest BCUT2D eigenvalue weighted by Crippen LogP contribution is -2.37. The topological polar surface area (TPSA) is 49.9 Å². The molecule has 5 rings (SSSR count). The molecule has 144 valence electrons. The van der Waals surface area contributed by atoms with Crippen LogP contribution in [0.3, 0.4) is 0 Å². The lowest BCUT2D eigenvalue weighted by molar-refractivity contribution is -0.126. The number of hydrogen-bond donors (Lipinski definition) is 0. The second kappa shape index (κ2) is 7.03. The van der Waals surface area contributed by atoms with Crippen molar-refractivity contribution >= 4 is 34.8 Å². The summed E-state index contributed by atoms with van der Waals surface area (Å²) in [6.45, 7) is 0. The number of para-hydroxylation sites is 1. The number of rotatable bonds is 3. The molecule has 0 aliphatic carbocycles. The summed E-state index contributed by atoms with van der Waals surface area (Å²) in [4.78, 5) is 33.9. The van der Waals surface area contributed by atoms with Crippen molar-refractivity contribution in [2.75, 3.05) is 9.96 Å². The highest BCUT2D eigenvalue weighted by Gasteiger charge is 2.60. The van der Waals surface area contributed by atoms with Gasteiger partial charge in [-0.2, -0.15) is 0 Å². The molecule has 5 nitrogen and oxygen atoms in total. The summed E-state index contributed by atoms with van der Waals surface area (Å²) in [6.07, 6.45) is -0.872. The number of hydrogen-bond acceptors (Lipinski definition) is 4. The number of nitrogens with zero attached hydrogens (tertiary/aromatic N) is 2. The molecule has 0 bridgehead atoms. The monoisotopic (exact) mass is 404 g/mol. The molecule has 3 atom stereocenters. The third-order valence-corrected chi connectivity index (χ3v) is 5.60. The van der Waals surface area contributed by atoms with Gasteiger partial charge < -0.3 is 0 Å². The molecular formula is C23H17ClN2O3. The number of imide groups is 1. The maximum absolute atomic E-state index is 13.4. The van der Waals surface area contributed by atoms with E-state index >= 15 is 0 Å². The standard InChI is InChI=1S/C23H17ClN2O3/c24-16-11-13-17(14-12-16)25-22(27)19-20(15-7-3-1-4-8-15)26(29-21(19)23(25)28)18-9-5-2-6-10-18/h1-14,19-21H/t19-,20-,21+/m0/s1. The van der Waals surface area contributed by atoms with Crippen LogP contribution in [0.15, 0.2) is 84.9 Å². The fourth-order valence-corrected chi connectivity index (χ4v) is 4.17. The Morgan fingerprint density at radius 1 is 0.724 bits per heavy atom. The molecule has 0 saturated carbocycles. The van der Waals surface area contributed by atoms with Crippen LogP contribution in [0.2, 0.25) is 5.02 Å². The van der Waals surface area contributed by atoms with Gasteiger partial charge in [-0.15, -0.1) is 0 Å². The quantitative estimate of drug-likeness (QED) is 0.607. The molecule has 6 heteroatoms. The number of amides is 2. The highest BCUT2D eigenvalue weighted by Crippen LogP contribution is 2.47. The van der Waals surface area contributed by atoms with Gasteiger partial charge in [0.15, 0.2) is 6.10 Å². The number of halogens is 1. The lowest BCUT2D eigenvalue weighted by atomic mass is 9.90. The Morgan fingerprint density at radius 3 is 2.00 bits per heavy atom. The Bertz CT molecular complexity index is 1060. The first kappa shape index (κ1) is 17.9. The number of fused-ring (bicyclic) bond motifs is 1. The van der Waals surface area contributed by atoms with E-state index in [1.54, 1.807) is 29.3 Å². The molecule has 29 heavy (non-hydrogen) atoms. The average Bonchev–Trinajstić information content (AvgIpc) is 3.27. The zero-order valence-electron chi connectivity index (χ0n) is 15.3. The molecule has 0 radical (unpaired) electrons. The molecule has 2 amide bonds. The van der Waals surface area contributed by atoms with Gasteiger partial charge in [-0.05, 0) is 42.0 Å². The minimum Gasteiger partial charge on any atom is -0.273 e. The van der Waals surface area contributed by atoms with Crippen LogP contribution >= 0.6 is 11.6 Å². The predicted octanol–water partition coefficient (Wildman–Crippen LogP) is 4.39. The van der Waals surface area contributed by atoms with Gasteiger partial charge in [0, 0.05) is 5.02 Å². The fourth-order valence-electron chi connectivity index (χ4n) is 4.05. The van der Waals surface area contributed by atoms with Gasteiger partial charge in [0.2, 0.25) is 5.91 Å². The third-order valence-electron chi connectivity index (χ3n) is 5.35. The Balaban J connectivity index is 1.58. The Labute approximate surface area is 173 Å². The normalized spacial score (nSPS) is 23.6. The van der Waals surface area contributed by atoms with Crippen LogP contribution in [0.5, 0.6) is 0 Å². The van der Waals surface area contributed by atoms with E-state index in [-0.39, 0.29) is 11.8 Å². The van der Waals surface area contributed by atoms with E-state index in [2.05, 4.69) is 0 Å². The minimum atomic E-state index is -0.872. The number of carbonyl (C=O) groups excluding carboxylic acids is 2. The highest BCUT2D eigenvalue weighted by atomic mass is 35.5. The molecule has 2 saturated heterocycles. The van der Waals surface area contributed by atoms with Crippen molar-refractivity contribution in [3.63, 3.8) is 0 Å². The first-order chi connectivity index (χ1) is 14.1. The van der Waals surface area contributed by atoms with E-state index in [4.69, 9.17) is 16.4 Å². The van der Waals surface area contributed by atoms with Gasteiger partial charge >= 0.3 is 0 Å². The number of carbonyl (C=O) groups is 2. The maximum Gasteiger partial charge on any atom is 0.266 e. The zero-order valence-corrected chi connectivity index (χ0v) is 16.1. The summed E-state index contributed by atoms with van der Waals surface area (Å²) in [5.74, 6) is -1.27. The second-order valence-electron chi connectivity index (χ2n) is 7.06. The van der Waals surface area contributed by atoms with Gasteiger partial charge in [-0.25, -0.2) is 9.96 Å². The summed E-state index contributed by atoms with van der Waals surface area (Å²) >= 11 is 5.96. The van der Waals surface area contributed by atoms with Crippen molar-refractivity contribution in [2.24, 2.45) is 5.92 Å². The van der Waals surface area contributed by atoms with Crippen LogP contribution in [0.1, 0.15) is 11.6 Å². The van der Waals surface area contributed by atoms with Crippen molar-refractivity contribution < 1.29 is 14.4 Å². The van der Waals surface area contributed by atoms with Gasteiger partial charge in [0.1, 0.15) is 5.92 Å². The van der Waals surface area contributed by atoms with Crippen molar-refractivity contribution in [1.29, 1.82) is 0 Å². The van der Waals surface area contributed by atoms with Crippen LogP contribution in [0.25, 0.3) is 0 Å². The van der Waals surface area contributed by atoms with Crippen molar-refractivity contribution in [1.82, 2.24) is 0 Å². The van der Waals surface area contributed by atoms with Crippen molar-refractivity contribution in [3.8, 4) is 0 Å². The molecule has 0 N–H and O–H groups in total. The van der Waals surface area contributed by atoms with Crippen molar-refractivity contribution in [3.05, 3.63) is 95.5 Å². The van der Waals surface area contributed by atoms with Gasteiger partial charge in [0.25, 0.3) is 5.91 Å². The van der Waals surface area contributed by atoms with E-state index in [0.29, 0.717) is 10.7 Å². The summed E-state index contributed by atoms with van der Waals surface area (Å²) in [5, 5.41) is 2.24. The van der Waals surface area contributed by atoms with Crippen LogP contribution in [0, 0.1) is 5.92 Å². The summed E-state index contributed by atoms with van der Waals surface area (Å²) < 4.78 is 0. The summed E-state index contributed by atoms with van der Waals surface area (Å²) in [7, 11) is 0. The predicted molar refractivity (Wildman–Crippen MR) is 110 cm³/mol. The molecule has 2 heterocycles. The average molecular weight is 405 g/mol. The molecule has 0 spiro atoms. The molecule has 2 fully saturated rings. The highest BCUT2D eigenvalue weighted by molar-refractivity contribution is 6.31. The van der Waals surface area contributed by atoms with Gasteiger partial charge in [-0.1, -0.05) is 60.1 Å². The number of benzene rings is 3. The Morgan fingerprint density at radius 2 is 1.34 bits per heavy atom. The summed E-state index contributed by atoms with van der Waals surface area (Å²) in [5.41, 5.74) is 2.22. The first-order valence-electron chi connectivity index (χ1n) is 9.34. The Kier molecular flexibility index (Phi) is 4.34. The number of hydroxylamine groups is 1. The fraction of sp³-hybridized carbons (Fsp3) is 0.130. The molecule has 0 aromatic heterocycles. The molecule has 2 aliphatic heterocycles. The van der Waals surface area contributed by atoms with E-state index in [0.717, 1.165) is 11.3 Å². The first-order valence-corrected chi connectivity index (χ1v) is 9.72. The van der Waals surface area contributed by atoms with Crippen LogP contribution in [-0.4, -0.2) is 17.9 Å². The smallest absolute Gasteiger partial charge is 0.266 e. The van der Waals surface area contributed by atoms with Crippen LogP contribution < -0.4 is 9.96 Å². The minimum absolute atomic E-state index is 0.269. The molecular weight excluding hydrogens is 388 g/mol. The second-order valence-corrected chi connectivity index (χ2v) is 7.49. The van der Waals surface area contributed by atoms with Gasteiger partial charge in [-0.3, -0.25) is 14.4 Å². The van der Waals surface area contributed by atoms with E-state index in [9.17, 15) is 9.59 Å². The SMILES string of the molecule is O=C1[C@@H]2[C@@H](ON(c3ccccc3)[C@H]2c2ccccc2)C(=O)N1c1ccc(Cl)cc1. The third kappa shape index (κ3) is 2.90. The van der Waals surface area contributed by atoms with E-state index in [1.165, 1.54) is 4.90 Å². The number of anilines is 2. The molecule has 3 aromatic rings. The van der Waals surface area contributed by atoms with Crippen LogP contribution in [0.4, 0.5) is 11.4 Å². The van der Waals surface area contributed by atoms with Crippen LogP contribution in [-0.2, 0) is 14.4 Å². The molecule has 3 aromatic carbocycles. The zero-order chi connectivity index (χ0) is 20.0. The van der Waals surface area contributed by atoms with E-state index < -0.39 is 18.1 Å². The maximum atomic E-state index is 13.4. The molecule has 2 aliphatic rings. The molecule has 0 unspecified atom stereocenters. The Hall–Kier alpha value is -3.15. The van der Waals surface area contributed by atoms with E-state index in [1.807, 2.05) is 60.7 Å². The van der Waals surface area contributed by atoms with Crippen molar-refractivity contribution in [2.45, 2.75) is 12.1 Å². The largest absolute Gasteiger partial charge is 0.273 e. The lowest BCUT2D eigenvalue weighted by Gasteiger charge is -2.28. The van der Waals surface area contributed by atoms with Gasteiger partial charge in [0.05, 0.1) is 17.4 Å².